The van der Waals surface area contributed by atoms with Crippen LogP contribution in [0.15, 0.2) is 54.9 Å². The molecular formula is C25H23ClF2N3O7PS. The Kier molecular flexibility index (Phi) is 8.46. The molecule has 212 valence electrons. The van der Waals surface area contributed by atoms with Crippen molar-refractivity contribution in [2.45, 2.75) is 26.5 Å². The smallest absolute Gasteiger partial charge is 0.345 e. The van der Waals surface area contributed by atoms with Crippen LogP contribution in [0.3, 0.4) is 0 Å². The number of hydrogen-bond acceptors (Lipinski definition) is 6. The molecule has 0 aliphatic carbocycles. The number of aromatic nitrogens is 2. The van der Waals surface area contributed by atoms with Crippen LogP contribution in [0.2, 0.25) is 5.02 Å². The molecule has 0 bridgehead atoms. The maximum absolute atomic E-state index is 15.9. The quantitative estimate of drug-likeness (QED) is 0.122. The van der Waals surface area contributed by atoms with Crippen molar-refractivity contribution < 1.29 is 40.9 Å². The summed E-state index contributed by atoms with van der Waals surface area (Å²) in [7, 11) is -9.67. The van der Waals surface area contributed by atoms with Crippen molar-refractivity contribution in [3.63, 3.8) is 0 Å². The van der Waals surface area contributed by atoms with Crippen molar-refractivity contribution >= 4 is 52.0 Å². The second-order valence-corrected chi connectivity index (χ2v) is 12.3. The number of sulfonamides is 1. The van der Waals surface area contributed by atoms with Gasteiger partial charge in [-0.2, -0.15) is 0 Å². The number of phosphoric ester groups is 1. The number of fused-ring (bicyclic) bond motifs is 1. The van der Waals surface area contributed by atoms with Crippen molar-refractivity contribution in [2.24, 2.45) is 0 Å². The van der Waals surface area contributed by atoms with Crippen molar-refractivity contribution in [1.82, 2.24) is 9.97 Å². The average Bonchev–Trinajstić information content (AvgIpc) is 3.28. The van der Waals surface area contributed by atoms with Gasteiger partial charge in [-0.3, -0.25) is 9.32 Å². The van der Waals surface area contributed by atoms with Gasteiger partial charge in [0.15, 0.2) is 12.0 Å². The van der Waals surface area contributed by atoms with Crippen LogP contribution in [0.4, 0.5) is 14.5 Å². The number of anilines is 1. The number of rotatable bonds is 10. The van der Waals surface area contributed by atoms with Crippen LogP contribution in [0.25, 0.3) is 22.2 Å². The summed E-state index contributed by atoms with van der Waals surface area (Å²) in [6.07, 6.45) is 0.924. The van der Waals surface area contributed by atoms with Gasteiger partial charge in [-0.25, -0.2) is 31.1 Å². The molecule has 15 heteroatoms. The number of carbonyl (C=O) groups excluding carboxylic acids is 1. The highest BCUT2D eigenvalue weighted by Gasteiger charge is 2.36. The van der Waals surface area contributed by atoms with E-state index in [9.17, 15) is 27.6 Å². The third-order valence-electron chi connectivity index (χ3n) is 5.87. The molecule has 2 heterocycles. The molecule has 2 aromatic heterocycles. The van der Waals surface area contributed by atoms with Gasteiger partial charge in [0.25, 0.3) is 0 Å². The standard InChI is InChI=1S/C25H23ClF2N3O7PS/c1-3-10-40(36,37)31(14(2)38-39(33,34)35)21-9-8-20(27)22(23(21)28)24(32)19-13-30-25-18(19)11-16(12-29-25)15-4-6-17(26)7-5-15/h4-9,11-14H,3,10H2,1-2H3,(H,29,30)(H2,33,34,35). The Morgan fingerprint density at radius 2 is 1.85 bits per heavy atom. The van der Waals surface area contributed by atoms with E-state index in [-0.39, 0.29) is 27.3 Å². The molecule has 0 amide bonds. The zero-order chi connectivity index (χ0) is 29.4. The Morgan fingerprint density at radius 1 is 1.18 bits per heavy atom. The van der Waals surface area contributed by atoms with Gasteiger partial charge in [-0.05, 0) is 49.2 Å². The largest absolute Gasteiger partial charge is 0.471 e. The van der Waals surface area contributed by atoms with E-state index in [2.05, 4.69) is 14.5 Å². The van der Waals surface area contributed by atoms with Gasteiger partial charge < -0.3 is 14.8 Å². The van der Waals surface area contributed by atoms with Gasteiger partial charge in [0, 0.05) is 33.9 Å². The number of hydrogen-bond donors (Lipinski definition) is 3. The number of halogens is 3. The molecule has 4 aromatic rings. The minimum atomic E-state index is -5.23. The average molecular weight is 614 g/mol. The van der Waals surface area contributed by atoms with Crippen LogP contribution in [0.5, 0.6) is 0 Å². The van der Waals surface area contributed by atoms with Gasteiger partial charge in [-0.15, -0.1) is 0 Å². The molecule has 40 heavy (non-hydrogen) atoms. The van der Waals surface area contributed by atoms with Gasteiger partial charge in [0.2, 0.25) is 15.8 Å². The predicted molar refractivity (Wildman–Crippen MR) is 145 cm³/mol. The number of carbonyl (C=O) groups is 1. The predicted octanol–water partition coefficient (Wildman–Crippen LogP) is 5.39. The van der Waals surface area contributed by atoms with Gasteiger partial charge in [-0.1, -0.05) is 30.7 Å². The summed E-state index contributed by atoms with van der Waals surface area (Å²) < 4.78 is 73.2. The monoisotopic (exact) mass is 613 g/mol. The molecule has 0 fully saturated rings. The zero-order valence-electron chi connectivity index (χ0n) is 21.0. The molecule has 2 aromatic carbocycles. The fraction of sp³-hybridized carbons (Fsp3) is 0.200. The van der Waals surface area contributed by atoms with E-state index in [1.807, 2.05) is 0 Å². The Labute approximate surface area is 232 Å². The van der Waals surface area contributed by atoms with E-state index in [0.29, 0.717) is 22.2 Å². The molecule has 0 saturated carbocycles. The lowest BCUT2D eigenvalue weighted by Crippen LogP contribution is -2.42. The number of H-pyrrole nitrogens is 1. The topological polar surface area (TPSA) is 150 Å². The van der Waals surface area contributed by atoms with Crippen LogP contribution in [-0.2, 0) is 19.1 Å². The second kappa shape index (κ2) is 11.4. The van der Waals surface area contributed by atoms with E-state index < -0.39 is 58.5 Å². The highest BCUT2D eigenvalue weighted by atomic mass is 35.5. The van der Waals surface area contributed by atoms with Crippen molar-refractivity contribution in [3.8, 4) is 11.1 Å². The third kappa shape index (κ3) is 6.09. The maximum Gasteiger partial charge on any atom is 0.471 e. The Morgan fingerprint density at radius 3 is 2.48 bits per heavy atom. The fourth-order valence-electron chi connectivity index (χ4n) is 4.22. The van der Waals surface area contributed by atoms with E-state index >= 15 is 8.78 Å². The highest BCUT2D eigenvalue weighted by molar-refractivity contribution is 7.92. The van der Waals surface area contributed by atoms with Crippen LogP contribution < -0.4 is 4.31 Å². The normalized spacial score (nSPS) is 13.0. The van der Waals surface area contributed by atoms with Crippen LogP contribution >= 0.6 is 19.4 Å². The van der Waals surface area contributed by atoms with Crippen LogP contribution in [0.1, 0.15) is 36.2 Å². The van der Waals surface area contributed by atoms with E-state index in [1.165, 1.54) is 19.3 Å². The number of ketones is 1. The lowest BCUT2D eigenvalue weighted by Gasteiger charge is -2.30. The first-order valence-electron chi connectivity index (χ1n) is 11.7. The van der Waals surface area contributed by atoms with Crippen LogP contribution in [0, 0.1) is 11.6 Å². The Bertz CT molecular complexity index is 1740. The summed E-state index contributed by atoms with van der Waals surface area (Å²) in [5, 5.41) is 0.756. The molecule has 0 saturated heterocycles. The lowest BCUT2D eigenvalue weighted by molar-refractivity contribution is 0.103. The van der Waals surface area contributed by atoms with Gasteiger partial charge >= 0.3 is 7.82 Å². The highest BCUT2D eigenvalue weighted by Crippen LogP contribution is 2.41. The van der Waals surface area contributed by atoms with Crippen molar-refractivity contribution in [2.75, 3.05) is 10.1 Å². The molecule has 1 unspecified atom stereocenters. The summed E-state index contributed by atoms with van der Waals surface area (Å²) in [6.45, 7) is 2.49. The summed E-state index contributed by atoms with van der Waals surface area (Å²) in [5.41, 5.74) is -0.472. The number of pyridine rings is 1. The summed E-state index contributed by atoms with van der Waals surface area (Å²) in [4.78, 5) is 39.0. The molecule has 0 aliphatic rings. The van der Waals surface area contributed by atoms with Gasteiger partial charge in [0.05, 0.1) is 17.0 Å². The first-order valence-corrected chi connectivity index (χ1v) is 15.3. The van der Waals surface area contributed by atoms with E-state index in [1.54, 1.807) is 30.3 Å². The van der Waals surface area contributed by atoms with E-state index in [0.717, 1.165) is 13.0 Å². The van der Waals surface area contributed by atoms with Crippen molar-refractivity contribution in [1.29, 1.82) is 0 Å². The first-order chi connectivity index (χ1) is 18.7. The SMILES string of the molecule is CCCS(=O)(=O)N(c1ccc(F)c(C(=O)c2c[nH]c3ncc(-c4ccc(Cl)cc4)cc23)c1F)C(C)OP(=O)(O)O. The molecule has 0 spiro atoms. The summed E-state index contributed by atoms with van der Waals surface area (Å²) >= 11 is 5.95. The summed E-state index contributed by atoms with van der Waals surface area (Å²) in [5.74, 6) is -4.50. The fourth-order valence-corrected chi connectivity index (χ4v) is 6.55. The molecule has 3 N–H and O–H groups in total. The maximum atomic E-state index is 15.9. The molecule has 0 aliphatic heterocycles. The van der Waals surface area contributed by atoms with Crippen molar-refractivity contribution in [3.05, 3.63) is 82.6 Å². The number of nitrogens with zero attached hydrogens (tertiary/aromatic N) is 2. The minimum Gasteiger partial charge on any atom is -0.345 e. The molecule has 0 radical (unpaired) electrons. The minimum absolute atomic E-state index is 0.0638. The van der Waals surface area contributed by atoms with Crippen LogP contribution in [-0.4, -0.2) is 45.9 Å². The first kappa shape index (κ1) is 29.8. The molecule has 1 atom stereocenters. The molecule has 10 nitrogen and oxygen atoms in total. The Balaban J connectivity index is 1.84. The molecule has 4 rings (SSSR count). The number of aromatic amines is 1. The Hall–Kier alpha value is -3.19. The number of benzene rings is 2. The van der Waals surface area contributed by atoms with Gasteiger partial charge in [0.1, 0.15) is 11.5 Å². The number of nitrogens with one attached hydrogen (secondary N) is 1. The lowest BCUT2D eigenvalue weighted by atomic mass is 9.99. The zero-order valence-corrected chi connectivity index (χ0v) is 23.5. The van der Waals surface area contributed by atoms with E-state index in [4.69, 9.17) is 11.6 Å². The molecular weight excluding hydrogens is 591 g/mol. The number of phosphoric acid groups is 1. The third-order valence-corrected chi connectivity index (χ3v) is 8.72. The second-order valence-electron chi connectivity index (χ2n) is 8.72. The summed E-state index contributed by atoms with van der Waals surface area (Å²) in [6, 6.07) is 9.83.